The molecular formula is C13H23N5O. The van der Waals surface area contributed by atoms with Gasteiger partial charge in [0.25, 0.3) is 0 Å². The smallest absolute Gasteiger partial charge is 0.320 e. The van der Waals surface area contributed by atoms with Crippen LogP contribution in [0.3, 0.4) is 0 Å². The molecule has 0 aromatic carbocycles. The number of amides is 2. The van der Waals surface area contributed by atoms with Gasteiger partial charge in [-0.15, -0.1) is 0 Å². The summed E-state index contributed by atoms with van der Waals surface area (Å²) >= 11 is 0. The molecule has 1 aromatic rings. The molecule has 0 spiro atoms. The van der Waals surface area contributed by atoms with Gasteiger partial charge in [-0.2, -0.15) is 0 Å². The van der Waals surface area contributed by atoms with Gasteiger partial charge in [0.2, 0.25) is 0 Å². The van der Waals surface area contributed by atoms with Crippen molar-refractivity contribution in [1.82, 2.24) is 19.4 Å². The second kappa shape index (κ2) is 5.21. The summed E-state index contributed by atoms with van der Waals surface area (Å²) < 4.78 is 1.91. The lowest BCUT2D eigenvalue weighted by molar-refractivity contribution is 0.161. The van der Waals surface area contributed by atoms with Crippen molar-refractivity contribution in [3.05, 3.63) is 18.2 Å². The van der Waals surface area contributed by atoms with Gasteiger partial charge in [-0.25, -0.2) is 9.78 Å². The van der Waals surface area contributed by atoms with Crippen molar-refractivity contribution in [1.29, 1.82) is 0 Å². The van der Waals surface area contributed by atoms with E-state index < -0.39 is 0 Å². The topological polar surface area (TPSA) is 67.4 Å². The van der Waals surface area contributed by atoms with Gasteiger partial charge in [-0.05, 0) is 13.8 Å². The zero-order valence-electron chi connectivity index (χ0n) is 12.1. The van der Waals surface area contributed by atoms with Crippen LogP contribution in [-0.4, -0.2) is 57.6 Å². The fraction of sp³-hybridized carbons (Fsp3) is 0.692. The summed E-state index contributed by atoms with van der Waals surface area (Å²) in [5.74, 6) is 0.130. The molecule has 2 heterocycles. The van der Waals surface area contributed by atoms with E-state index in [1.165, 1.54) is 0 Å². The predicted octanol–water partition coefficient (Wildman–Crippen LogP) is 0.607. The van der Waals surface area contributed by atoms with Crippen LogP contribution in [0.4, 0.5) is 4.79 Å². The molecular weight excluding hydrogens is 242 g/mol. The first-order valence-corrected chi connectivity index (χ1v) is 6.65. The highest BCUT2D eigenvalue weighted by Gasteiger charge is 2.36. The Labute approximate surface area is 114 Å². The van der Waals surface area contributed by atoms with E-state index in [2.05, 4.69) is 4.98 Å². The van der Waals surface area contributed by atoms with Crippen molar-refractivity contribution in [2.45, 2.75) is 31.8 Å². The molecule has 1 aromatic heterocycles. The van der Waals surface area contributed by atoms with Crippen molar-refractivity contribution >= 4 is 6.03 Å². The summed E-state index contributed by atoms with van der Waals surface area (Å²) in [4.78, 5) is 20.2. The van der Waals surface area contributed by atoms with Gasteiger partial charge >= 0.3 is 6.03 Å². The average molecular weight is 265 g/mol. The number of nitrogens with two attached hydrogens (primary N) is 1. The van der Waals surface area contributed by atoms with E-state index in [4.69, 9.17) is 5.73 Å². The van der Waals surface area contributed by atoms with Crippen LogP contribution >= 0.6 is 0 Å². The zero-order valence-corrected chi connectivity index (χ0v) is 12.1. The Hall–Kier alpha value is -1.56. The van der Waals surface area contributed by atoms with Gasteiger partial charge in [-0.1, -0.05) is 0 Å². The summed E-state index contributed by atoms with van der Waals surface area (Å²) in [6.45, 7) is 5.25. The van der Waals surface area contributed by atoms with Gasteiger partial charge in [-0.3, -0.25) is 0 Å². The largest absolute Gasteiger partial charge is 0.340 e. The summed E-state index contributed by atoms with van der Waals surface area (Å²) in [5, 5.41) is 0. The van der Waals surface area contributed by atoms with Gasteiger partial charge in [0.15, 0.2) is 0 Å². The minimum Gasteiger partial charge on any atom is -0.340 e. The first-order valence-electron chi connectivity index (χ1n) is 6.65. The van der Waals surface area contributed by atoms with Crippen LogP contribution in [0.1, 0.15) is 25.5 Å². The standard InChI is InChI=1S/C13H23N5O/c1-9(2)17(4)13(19)18-5-10(11(14)6-18)12-7-16(3)8-15-12/h7-11H,5-6,14H2,1-4H3/t10-,11-/m1/s1. The molecule has 2 amide bonds. The van der Waals surface area contributed by atoms with E-state index in [0.717, 1.165) is 5.69 Å². The Morgan fingerprint density at radius 3 is 2.74 bits per heavy atom. The van der Waals surface area contributed by atoms with Crippen LogP contribution in [0.15, 0.2) is 12.5 Å². The predicted molar refractivity (Wildman–Crippen MR) is 73.8 cm³/mol. The molecule has 0 aliphatic carbocycles. The molecule has 19 heavy (non-hydrogen) atoms. The summed E-state index contributed by atoms with van der Waals surface area (Å²) in [7, 11) is 3.76. The number of rotatable bonds is 2. The molecule has 6 heteroatoms. The Kier molecular flexibility index (Phi) is 3.80. The molecule has 2 rings (SSSR count). The Bertz CT molecular complexity index is 456. The van der Waals surface area contributed by atoms with Gasteiger partial charge < -0.3 is 20.1 Å². The number of carbonyl (C=O) groups excluding carboxylic acids is 1. The van der Waals surface area contributed by atoms with E-state index in [1.54, 1.807) is 11.2 Å². The highest BCUT2D eigenvalue weighted by Crippen LogP contribution is 2.25. The van der Waals surface area contributed by atoms with E-state index in [-0.39, 0.29) is 24.0 Å². The molecule has 1 aliphatic heterocycles. The lowest BCUT2D eigenvalue weighted by Gasteiger charge is -2.27. The van der Waals surface area contributed by atoms with Gasteiger partial charge in [0.1, 0.15) is 0 Å². The van der Waals surface area contributed by atoms with Crippen LogP contribution in [0, 0.1) is 0 Å². The minimum atomic E-state index is -0.0422. The number of hydrogen-bond donors (Lipinski definition) is 1. The monoisotopic (exact) mass is 265 g/mol. The van der Waals surface area contributed by atoms with E-state index in [1.807, 2.05) is 43.6 Å². The van der Waals surface area contributed by atoms with Crippen molar-refractivity contribution in [2.75, 3.05) is 20.1 Å². The molecule has 0 bridgehead atoms. The van der Waals surface area contributed by atoms with Crippen molar-refractivity contribution in [3.8, 4) is 0 Å². The first kappa shape index (κ1) is 13.9. The lowest BCUT2D eigenvalue weighted by atomic mass is 10.0. The number of likely N-dealkylation sites (tertiary alicyclic amines) is 1. The van der Waals surface area contributed by atoms with Crippen LogP contribution < -0.4 is 5.73 Å². The van der Waals surface area contributed by atoms with E-state index in [9.17, 15) is 4.79 Å². The highest BCUT2D eigenvalue weighted by molar-refractivity contribution is 5.75. The molecule has 1 aliphatic rings. The maximum absolute atomic E-state index is 12.3. The number of aromatic nitrogens is 2. The van der Waals surface area contributed by atoms with Crippen LogP contribution in [0.5, 0.6) is 0 Å². The normalized spacial score (nSPS) is 23.2. The SMILES string of the molecule is CC(C)N(C)C(=O)N1C[C@@H](N)[C@H](c2cn(C)cn2)C1. The number of carbonyl (C=O) groups is 1. The summed E-state index contributed by atoms with van der Waals surface area (Å²) in [6, 6.07) is 0.195. The first-order chi connectivity index (χ1) is 8.90. The molecule has 0 saturated carbocycles. The van der Waals surface area contributed by atoms with E-state index >= 15 is 0 Å². The quantitative estimate of drug-likeness (QED) is 0.852. The van der Waals surface area contributed by atoms with Gasteiger partial charge in [0, 0.05) is 51.4 Å². The third kappa shape index (κ3) is 2.73. The fourth-order valence-electron chi connectivity index (χ4n) is 2.37. The van der Waals surface area contributed by atoms with Crippen molar-refractivity contribution in [2.24, 2.45) is 12.8 Å². The lowest BCUT2D eigenvalue weighted by Crippen LogP contribution is -2.43. The number of imidazole rings is 1. The van der Waals surface area contributed by atoms with Crippen molar-refractivity contribution in [3.63, 3.8) is 0 Å². The Morgan fingerprint density at radius 2 is 2.21 bits per heavy atom. The highest BCUT2D eigenvalue weighted by atomic mass is 16.2. The van der Waals surface area contributed by atoms with Crippen LogP contribution in [-0.2, 0) is 7.05 Å². The second-order valence-corrected chi connectivity index (χ2v) is 5.63. The molecule has 2 atom stereocenters. The molecule has 106 valence electrons. The minimum absolute atomic E-state index is 0.0422. The molecule has 6 nitrogen and oxygen atoms in total. The number of hydrogen-bond acceptors (Lipinski definition) is 3. The Morgan fingerprint density at radius 1 is 1.53 bits per heavy atom. The molecule has 1 fully saturated rings. The summed E-state index contributed by atoms with van der Waals surface area (Å²) in [6.07, 6.45) is 3.75. The second-order valence-electron chi connectivity index (χ2n) is 5.63. The maximum Gasteiger partial charge on any atom is 0.320 e. The third-order valence-electron chi connectivity index (χ3n) is 3.82. The van der Waals surface area contributed by atoms with Crippen LogP contribution in [0.25, 0.3) is 0 Å². The van der Waals surface area contributed by atoms with Crippen molar-refractivity contribution < 1.29 is 4.79 Å². The zero-order chi connectivity index (χ0) is 14.2. The summed E-state index contributed by atoms with van der Waals surface area (Å²) in [5.41, 5.74) is 7.13. The number of nitrogens with zero attached hydrogens (tertiary/aromatic N) is 4. The van der Waals surface area contributed by atoms with Crippen LogP contribution in [0.2, 0.25) is 0 Å². The maximum atomic E-state index is 12.3. The fourth-order valence-corrected chi connectivity index (χ4v) is 2.37. The Balaban J connectivity index is 2.07. The molecule has 0 unspecified atom stereocenters. The number of aryl methyl sites for hydroxylation is 1. The molecule has 2 N–H and O–H groups in total. The van der Waals surface area contributed by atoms with Gasteiger partial charge in [0.05, 0.1) is 12.0 Å². The molecule has 1 saturated heterocycles. The third-order valence-corrected chi connectivity index (χ3v) is 3.82. The average Bonchev–Trinajstić information content (AvgIpc) is 2.93. The molecule has 0 radical (unpaired) electrons. The number of urea groups is 1. The van der Waals surface area contributed by atoms with E-state index in [0.29, 0.717) is 13.1 Å².